The molecule has 1 aromatic heterocycles. The van der Waals surface area contributed by atoms with Crippen LogP contribution in [0.3, 0.4) is 0 Å². The Morgan fingerprint density at radius 1 is 1.17 bits per heavy atom. The predicted molar refractivity (Wildman–Crippen MR) is 115 cm³/mol. The summed E-state index contributed by atoms with van der Waals surface area (Å²) in [5.41, 5.74) is 5.15. The van der Waals surface area contributed by atoms with Crippen molar-refractivity contribution in [3.05, 3.63) is 70.4 Å². The molecule has 29 heavy (non-hydrogen) atoms. The lowest BCUT2D eigenvalue weighted by Gasteiger charge is -2.21. The van der Waals surface area contributed by atoms with Gasteiger partial charge in [0.15, 0.2) is 17.3 Å². The second kappa shape index (κ2) is 8.21. The minimum Gasteiger partial charge on any atom is -0.493 e. The second-order valence-corrected chi connectivity index (χ2v) is 8.04. The van der Waals surface area contributed by atoms with Gasteiger partial charge < -0.3 is 14.8 Å². The van der Waals surface area contributed by atoms with Gasteiger partial charge in [-0.15, -0.1) is 11.8 Å². The number of benzene rings is 2. The molecule has 1 atom stereocenters. The van der Waals surface area contributed by atoms with E-state index in [0.29, 0.717) is 29.7 Å². The molecule has 2 aromatic carbocycles. The van der Waals surface area contributed by atoms with Gasteiger partial charge in [-0.2, -0.15) is 5.10 Å². The van der Waals surface area contributed by atoms with Crippen molar-refractivity contribution >= 4 is 23.5 Å². The van der Waals surface area contributed by atoms with Gasteiger partial charge in [0, 0.05) is 16.8 Å². The maximum atomic E-state index is 12.1. The first-order valence-corrected chi connectivity index (χ1v) is 10.4. The molecule has 0 saturated carbocycles. The molecule has 1 aliphatic heterocycles. The summed E-state index contributed by atoms with van der Waals surface area (Å²) in [4.78, 5) is 12.1. The number of aryl methyl sites for hydroxylation is 2. The van der Waals surface area contributed by atoms with Crippen LogP contribution in [-0.2, 0) is 11.4 Å². The van der Waals surface area contributed by atoms with Crippen LogP contribution >= 0.6 is 11.8 Å². The molecular formula is C22H23N3O3S. The highest BCUT2D eigenvalue weighted by atomic mass is 32.2. The minimum atomic E-state index is -0.107. The standard InChI is InChI=1S/C22H23N3O3S/c1-13-7-4-5-8-15(13)11-28-20-16(9-6-10-17(20)27-3)21-19-14(2)24-25-22(19)23-18(26)12-29-21/h4-10,21H,11-12H2,1-3H3,(H2,23,24,25,26). The number of nitrogens with zero attached hydrogens (tertiary/aromatic N) is 1. The number of nitrogens with one attached hydrogen (secondary N) is 2. The fraction of sp³-hybridized carbons (Fsp3) is 0.273. The number of anilines is 1. The van der Waals surface area contributed by atoms with Crippen molar-refractivity contribution in [1.29, 1.82) is 0 Å². The molecule has 0 saturated heterocycles. The third-order valence-electron chi connectivity index (χ3n) is 5.04. The van der Waals surface area contributed by atoms with E-state index in [1.54, 1.807) is 18.9 Å². The minimum absolute atomic E-state index is 0.0597. The van der Waals surface area contributed by atoms with Crippen LogP contribution in [0.15, 0.2) is 42.5 Å². The highest BCUT2D eigenvalue weighted by Gasteiger charge is 2.31. The molecule has 3 aromatic rings. The fourth-order valence-corrected chi connectivity index (χ4v) is 4.70. The first-order valence-electron chi connectivity index (χ1n) is 9.39. The van der Waals surface area contributed by atoms with Gasteiger partial charge in [-0.25, -0.2) is 0 Å². The summed E-state index contributed by atoms with van der Waals surface area (Å²) in [6, 6.07) is 14.0. The SMILES string of the molecule is COc1cccc(C2SCC(=O)Nc3n[nH]c(C)c32)c1OCc1ccccc1C. The molecule has 6 nitrogen and oxygen atoms in total. The van der Waals surface area contributed by atoms with Crippen LogP contribution in [0.4, 0.5) is 5.82 Å². The molecule has 2 heterocycles. The van der Waals surface area contributed by atoms with Gasteiger partial charge in [0.25, 0.3) is 0 Å². The molecule has 0 spiro atoms. The zero-order chi connectivity index (χ0) is 20.4. The average molecular weight is 410 g/mol. The van der Waals surface area contributed by atoms with Gasteiger partial charge in [0.1, 0.15) is 6.61 Å². The Morgan fingerprint density at radius 2 is 2.00 bits per heavy atom. The highest BCUT2D eigenvalue weighted by Crippen LogP contribution is 2.47. The van der Waals surface area contributed by atoms with Crippen LogP contribution in [0.25, 0.3) is 0 Å². The average Bonchev–Trinajstić information content (AvgIpc) is 2.98. The van der Waals surface area contributed by atoms with E-state index >= 15 is 0 Å². The number of carbonyl (C=O) groups excluding carboxylic acids is 1. The monoisotopic (exact) mass is 409 g/mol. The number of aromatic amines is 1. The molecule has 4 rings (SSSR count). The van der Waals surface area contributed by atoms with Crippen molar-refractivity contribution in [1.82, 2.24) is 10.2 Å². The van der Waals surface area contributed by atoms with Gasteiger partial charge in [-0.1, -0.05) is 36.4 Å². The summed E-state index contributed by atoms with van der Waals surface area (Å²) in [5, 5.41) is 10.0. The molecule has 0 fully saturated rings. The molecule has 150 valence electrons. The number of carbonyl (C=O) groups is 1. The Hall–Kier alpha value is -2.93. The summed E-state index contributed by atoms with van der Waals surface area (Å²) < 4.78 is 11.9. The lowest BCUT2D eigenvalue weighted by Crippen LogP contribution is -2.12. The van der Waals surface area contributed by atoms with E-state index in [1.165, 1.54) is 5.56 Å². The molecule has 1 unspecified atom stereocenters. The Bertz CT molecular complexity index is 1050. The zero-order valence-corrected chi connectivity index (χ0v) is 17.4. The molecule has 2 N–H and O–H groups in total. The van der Waals surface area contributed by atoms with Crippen LogP contribution in [0.1, 0.15) is 33.2 Å². The predicted octanol–water partition coefficient (Wildman–Crippen LogP) is 4.39. The molecule has 1 aliphatic rings. The van der Waals surface area contributed by atoms with Crippen LogP contribution < -0.4 is 14.8 Å². The molecule has 1 amide bonds. The fourth-order valence-electron chi connectivity index (χ4n) is 3.49. The Labute approximate surface area is 174 Å². The van der Waals surface area contributed by atoms with Gasteiger partial charge in [0.2, 0.25) is 5.91 Å². The van der Waals surface area contributed by atoms with Crippen molar-refractivity contribution in [2.75, 3.05) is 18.2 Å². The van der Waals surface area contributed by atoms with Gasteiger partial charge in [0.05, 0.1) is 18.1 Å². The van der Waals surface area contributed by atoms with Crippen molar-refractivity contribution < 1.29 is 14.3 Å². The molecule has 0 aliphatic carbocycles. The van der Waals surface area contributed by atoms with Crippen LogP contribution in [-0.4, -0.2) is 29.0 Å². The van der Waals surface area contributed by atoms with Crippen molar-refractivity contribution in [2.24, 2.45) is 0 Å². The summed E-state index contributed by atoms with van der Waals surface area (Å²) in [5.74, 6) is 2.22. The number of para-hydroxylation sites is 1. The second-order valence-electron chi connectivity index (χ2n) is 6.94. The van der Waals surface area contributed by atoms with E-state index in [2.05, 4.69) is 34.6 Å². The van der Waals surface area contributed by atoms with Crippen molar-refractivity contribution in [2.45, 2.75) is 25.7 Å². The lowest BCUT2D eigenvalue weighted by atomic mass is 10.0. The number of aromatic nitrogens is 2. The third-order valence-corrected chi connectivity index (χ3v) is 6.29. The number of rotatable bonds is 5. The number of hydrogen-bond donors (Lipinski definition) is 2. The zero-order valence-electron chi connectivity index (χ0n) is 16.6. The highest BCUT2D eigenvalue weighted by molar-refractivity contribution is 8.00. The summed E-state index contributed by atoms with van der Waals surface area (Å²) in [6.07, 6.45) is 0. The smallest absolute Gasteiger partial charge is 0.235 e. The van der Waals surface area contributed by atoms with E-state index in [0.717, 1.165) is 22.4 Å². The van der Waals surface area contributed by atoms with E-state index in [4.69, 9.17) is 9.47 Å². The van der Waals surface area contributed by atoms with E-state index in [9.17, 15) is 4.79 Å². The quantitative estimate of drug-likeness (QED) is 0.654. The number of thioether (sulfide) groups is 1. The maximum Gasteiger partial charge on any atom is 0.235 e. The van der Waals surface area contributed by atoms with Crippen molar-refractivity contribution in [3.63, 3.8) is 0 Å². The first kappa shape index (κ1) is 19.4. The Kier molecular flexibility index (Phi) is 5.49. The maximum absolute atomic E-state index is 12.1. The number of fused-ring (bicyclic) bond motifs is 1. The number of methoxy groups -OCH3 is 1. The molecule has 0 radical (unpaired) electrons. The van der Waals surface area contributed by atoms with Gasteiger partial charge in [-0.05, 0) is 31.0 Å². The summed E-state index contributed by atoms with van der Waals surface area (Å²) >= 11 is 1.56. The van der Waals surface area contributed by atoms with Gasteiger partial charge >= 0.3 is 0 Å². The lowest BCUT2D eigenvalue weighted by molar-refractivity contribution is -0.113. The van der Waals surface area contributed by atoms with Crippen LogP contribution in [0, 0.1) is 13.8 Å². The molecule has 0 bridgehead atoms. The topological polar surface area (TPSA) is 76.2 Å². The number of hydrogen-bond acceptors (Lipinski definition) is 5. The number of ether oxygens (including phenoxy) is 2. The summed E-state index contributed by atoms with van der Waals surface area (Å²) in [6.45, 7) is 4.47. The number of H-pyrrole nitrogens is 1. The van der Waals surface area contributed by atoms with E-state index < -0.39 is 0 Å². The van der Waals surface area contributed by atoms with E-state index in [1.807, 2.05) is 37.3 Å². The Balaban J connectivity index is 1.75. The number of amides is 1. The summed E-state index contributed by atoms with van der Waals surface area (Å²) in [7, 11) is 1.64. The Morgan fingerprint density at radius 3 is 2.79 bits per heavy atom. The normalized spacial score (nSPS) is 16.0. The van der Waals surface area contributed by atoms with Crippen LogP contribution in [0.5, 0.6) is 11.5 Å². The molecule has 7 heteroatoms. The third kappa shape index (κ3) is 3.82. The molecular weight excluding hydrogens is 386 g/mol. The van der Waals surface area contributed by atoms with Crippen molar-refractivity contribution in [3.8, 4) is 11.5 Å². The largest absolute Gasteiger partial charge is 0.493 e. The van der Waals surface area contributed by atoms with E-state index in [-0.39, 0.29) is 11.2 Å². The van der Waals surface area contributed by atoms with Crippen LogP contribution in [0.2, 0.25) is 0 Å². The van der Waals surface area contributed by atoms with Gasteiger partial charge in [-0.3, -0.25) is 9.89 Å². The first-order chi connectivity index (χ1) is 14.1.